The lowest BCUT2D eigenvalue weighted by Crippen LogP contribution is -2.31. The zero-order valence-corrected chi connectivity index (χ0v) is 11.3. The van der Waals surface area contributed by atoms with Crippen LogP contribution >= 0.6 is 0 Å². The Morgan fingerprint density at radius 3 is 2.95 bits per heavy atom. The summed E-state index contributed by atoms with van der Waals surface area (Å²) < 4.78 is 1.85. The first-order chi connectivity index (χ1) is 9.20. The summed E-state index contributed by atoms with van der Waals surface area (Å²) in [6.07, 6.45) is 3.90. The van der Waals surface area contributed by atoms with E-state index in [9.17, 15) is 4.79 Å². The molecule has 0 N–H and O–H groups in total. The molecule has 3 rings (SSSR count). The molecule has 5 heteroatoms. The Kier molecular flexibility index (Phi) is 2.98. The molecule has 1 aliphatic heterocycles. The molecule has 0 bridgehead atoms. The van der Waals surface area contributed by atoms with Gasteiger partial charge in [-0.15, -0.1) is 0 Å². The molecule has 1 aliphatic rings. The van der Waals surface area contributed by atoms with E-state index in [1.165, 1.54) is 0 Å². The van der Waals surface area contributed by atoms with Gasteiger partial charge >= 0.3 is 0 Å². The molecule has 3 heterocycles. The monoisotopic (exact) mass is 258 g/mol. The van der Waals surface area contributed by atoms with E-state index in [2.05, 4.69) is 28.9 Å². The van der Waals surface area contributed by atoms with Crippen molar-refractivity contribution >= 4 is 17.8 Å². The summed E-state index contributed by atoms with van der Waals surface area (Å²) in [5.74, 6) is 0.811. The lowest BCUT2D eigenvalue weighted by atomic mass is 10.2. The van der Waals surface area contributed by atoms with E-state index in [1.807, 2.05) is 28.8 Å². The minimum Gasteiger partial charge on any atom is -0.353 e. The molecule has 1 fully saturated rings. The van der Waals surface area contributed by atoms with Gasteiger partial charge in [-0.25, -0.2) is 4.98 Å². The molecular formula is C14H18N4O. The van der Waals surface area contributed by atoms with E-state index in [-0.39, 0.29) is 0 Å². The molecule has 0 aliphatic carbocycles. The summed E-state index contributed by atoms with van der Waals surface area (Å²) in [7, 11) is 4.19. The fourth-order valence-corrected chi connectivity index (χ4v) is 2.70. The average Bonchev–Trinajstić information content (AvgIpc) is 3.02. The van der Waals surface area contributed by atoms with Gasteiger partial charge in [-0.3, -0.25) is 9.20 Å². The van der Waals surface area contributed by atoms with Crippen molar-refractivity contribution in [2.24, 2.45) is 0 Å². The molecule has 0 amide bonds. The van der Waals surface area contributed by atoms with Crippen molar-refractivity contribution in [3.05, 3.63) is 30.1 Å². The highest BCUT2D eigenvalue weighted by molar-refractivity contribution is 5.83. The minimum absolute atomic E-state index is 0.532. The standard InChI is InChI=1S/C14H18N4O/c1-16(2)11-6-8-17(9-11)14-12(10-19)18-7-4-3-5-13(18)15-14/h3-5,7,10-11H,6,8-9H2,1-2H3. The molecule has 1 saturated heterocycles. The second-order valence-electron chi connectivity index (χ2n) is 5.22. The van der Waals surface area contributed by atoms with Crippen LogP contribution in [0.5, 0.6) is 0 Å². The van der Waals surface area contributed by atoms with Crippen LogP contribution in [0.4, 0.5) is 5.82 Å². The number of carbonyl (C=O) groups excluding carboxylic acids is 1. The van der Waals surface area contributed by atoms with Crippen molar-refractivity contribution < 1.29 is 4.79 Å². The zero-order valence-electron chi connectivity index (χ0n) is 11.3. The topological polar surface area (TPSA) is 40.9 Å². The van der Waals surface area contributed by atoms with Gasteiger partial charge < -0.3 is 9.80 Å². The molecule has 0 radical (unpaired) electrons. The number of likely N-dealkylation sites (N-methyl/N-ethyl adjacent to an activating group) is 1. The van der Waals surface area contributed by atoms with Crippen LogP contribution in [0, 0.1) is 0 Å². The van der Waals surface area contributed by atoms with Gasteiger partial charge in [0.15, 0.2) is 12.1 Å². The van der Waals surface area contributed by atoms with Crippen LogP contribution in [0.3, 0.4) is 0 Å². The van der Waals surface area contributed by atoms with E-state index < -0.39 is 0 Å². The Morgan fingerprint density at radius 1 is 1.42 bits per heavy atom. The number of anilines is 1. The van der Waals surface area contributed by atoms with Gasteiger partial charge in [-0.05, 0) is 32.6 Å². The number of aldehydes is 1. The fraction of sp³-hybridized carbons (Fsp3) is 0.429. The Labute approximate surface area is 112 Å². The first-order valence-corrected chi connectivity index (χ1v) is 6.54. The number of hydrogen-bond acceptors (Lipinski definition) is 4. The second kappa shape index (κ2) is 4.66. The molecule has 2 aromatic rings. The Bertz CT molecular complexity index is 605. The number of hydrogen-bond donors (Lipinski definition) is 0. The van der Waals surface area contributed by atoms with Crippen molar-refractivity contribution in [2.45, 2.75) is 12.5 Å². The van der Waals surface area contributed by atoms with Crippen molar-refractivity contribution in [3.8, 4) is 0 Å². The summed E-state index contributed by atoms with van der Waals surface area (Å²) in [6, 6.07) is 6.31. The summed E-state index contributed by atoms with van der Waals surface area (Å²) >= 11 is 0. The van der Waals surface area contributed by atoms with E-state index in [1.54, 1.807) is 0 Å². The maximum atomic E-state index is 11.4. The normalized spacial score (nSPS) is 19.5. The summed E-state index contributed by atoms with van der Waals surface area (Å²) in [5, 5.41) is 0. The molecule has 100 valence electrons. The molecule has 5 nitrogen and oxygen atoms in total. The lowest BCUT2D eigenvalue weighted by molar-refractivity contribution is 0.111. The largest absolute Gasteiger partial charge is 0.353 e. The number of imidazole rings is 1. The number of nitrogens with zero attached hydrogens (tertiary/aromatic N) is 4. The predicted octanol–water partition coefficient (Wildman–Crippen LogP) is 1.29. The number of fused-ring (bicyclic) bond motifs is 1. The second-order valence-corrected chi connectivity index (χ2v) is 5.22. The molecule has 1 unspecified atom stereocenters. The molecule has 19 heavy (non-hydrogen) atoms. The van der Waals surface area contributed by atoms with Gasteiger partial charge in [0.1, 0.15) is 11.3 Å². The maximum absolute atomic E-state index is 11.4. The van der Waals surface area contributed by atoms with Gasteiger partial charge in [0.2, 0.25) is 0 Å². The lowest BCUT2D eigenvalue weighted by Gasteiger charge is -2.20. The number of carbonyl (C=O) groups is 1. The maximum Gasteiger partial charge on any atom is 0.170 e. The Morgan fingerprint density at radius 2 is 2.26 bits per heavy atom. The highest BCUT2D eigenvalue weighted by atomic mass is 16.1. The molecule has 1 atom stereocenters. The van der Waals surface area contributed by atoms with Crippen molar-refractivity contribution in [2.75, 3.05) is 32.1 Å². The van der Waals surface area contributed by atoms with Crippen LogP contribution in [0.15, 0.2) is 24.4 Å². The molecule has 0 spiro atoms. The number of rotatable bonds is 3. The van der Waals surface area contributed by atoms with Crippen molar-refractivity contribution in [1.29, 1.82) is 0 Å². The van der Waals surface area contributed by atoms with Gasteiger partial charge in [-0.2, -0.15) is 0 Å². The number of aromatic nitrogens is 2. The fourth-order valence-electron chi connectivity index (χ4n) is 2.70. The Balaban J connectivity index is 1.99. The third-order valence-electron chi connectivity index (χ3n) is 3.85. The minimum atomic E-state index is 0.532. The summed E-state index contributed by atoms with van der Waals surface area (Å²) in [6.45, 7) is 1.88. The molecular weight excluding hydrogens is 240 g/mol. The van der Waals surface area contributed by atoms with Crippen LogP contribution in [-0.4, -0.2) is 53.8 Å². The van der Waals surface area contributed by atoms with E-state index in [0.717, 1.165) is 37.3 Å². The first kappa shape index (κ1) is 12.2. The van der Waals surface area contributed by atoms with Gasteiger partial charge in [0.25, 0.3) is 0 Å². The SMILES string of the molecule is CN(C)C1CCN(c2nc3ccccn3c2C=O)C1. The third-order valence-corrected chi connectivity index (χ3v) is 3.85. The van der Waals surface area contributed by atoms with Crippen LogP contribution in [0.25, 0.3) is 5.65 Å². The Hall–Kier alpha value is -1.88. The van der Waals surface area contributed by atoms with Gasteiger partial charge in [0.05, 0.1) is 0 Å². The number of pyridine rings is 1. The quantitative estimate of drug-likeness (QED) is 0.778. The summed E-state index contributed by atoms with van der Waals surface area (Å²) in [4.78, 5) is 20.4. The van der Waals surface area contributed by atoms with Crippen LogP contribution in [0.1, 0.15) is 16.9 Å². The smallest absolute Gasteiger partial charge is 0.170 e. The van der Waals surface area contributed by atoms with Crippen molar-refractivity contribution in [1.82, 2.24) is 14.3 Å². The van der Waals surface area contributed by atoms with Crippen LogP contribution < -0.4 is 4.90 Å². The highest BCUT2D eigenvalue weighted by Crippen LogP contribution is 2.25. The molecule has 2 aromatic heterocycles. The highest BCUT2D eigenvalue weighted by Gasteiger charge is 2.27. The molecule has 0 aromatic carbocycles. The van der Waals surface area contributed by atoms with E-state index in [0.29, 0.717) is 11.7 Å². The molecule has 0 saturated carbocycles. The van der Waals surface area contributed by atoms with Crippen molar-refractivity contribution in [3.63, 3.8) is 0 Å². The van der Waals surface area contributed by atoms with Crippen LogP contribution in [-0.2, 0) is 0 Å². The average molecular weight is 258 g/mol. The first-order valence-electron chi connectivity index (χ1n) is 6.54. The predicted molar refractivity (Wildman–Crippen MR) is 74.9 cm³/mol. The van der Waals surface area contributed by atoms with E-state index in [4.69, 9.17) is 0 Å². The summed E-state index contributed by atoms with van der Waals surface area (Å²) in [5.41, 5.74) is 1.47. The van der Waals surface area contributed by atoms with Crippen LogP contribution in [0.2, 0.25) is 0 Å². The zero-order chi connectivity index (χ0) is 13.4. The van der Waals surface area contributed by atoms with E-state index >= 15 is 0 Å². The van der Waals surface area contributed by atoms with Gasteiger partial charge in [-0.1, -0.05) is 6.07 Å². The third kappa shape index (κ3) is 2.00. The van der Waals surface area contributed by atoms with Gasteiger partial charge in [0, 0.05) is 25.3 Å².